The van der Waals surface area contributed by atoms with Gasteiger partial charge in [-0.25, -0.2) is 8.42 Å². The largest absolute Gasteiger partial charge is 0.494 e. The van der Waals surface area contributed by atoms with Crippen molar-refractivity contribution in [3.63, 3.8) is 0 Å². The molecule has 3 rings (SSSR count). The van der Waals surface area contributed by atoms with Crippen molar-refractivity contribution in [2.24, 2.45) is 0 Å². The van der Waals surface area contributed by atoms with Gasteiger partial charge in [0.15, 0.2) is 0 Å². The number of benzene rings is 2. The van der Waals surface area contributed by atoms with E-state index in [1.54, 1.807) is 36.1 Å². The van der Waals surface area contributed by atoms with Gasteiger partial charge in [-0.05, 0) is 75.1 Å². The Morgan fingerprint density at radius 2 is 1.69 bits per heavy atom. The lowest BCUT2D eigenvalue weighted by atomic mass is 9.95. The molecule has 1 fully saturated rings. The summed E-state index contributed by atoms with van der Waals surface area (Å²) in [5, 5.41) is 3.14. The van der Waals surface area contributed by atoms with Crippen LogP contribution >= 0.6 is 15.9 Å². The maximum atomic E-state index is 13.5. The van der Waals surface area contributed by atoms with Crippen molar-refractivity contribution in [2.75, 3.05) is 23.7 Å². The molecule has 1 saturated carbocycles. The van der Waals surface area contributed by atoms with Crippen LogP contribution in [0.2, 0.25) is 0 Å². The number of nitrogens with zero attached hydrogens (tertiary/aromatic N) is 2. The first-order valence-electron chi connectivity index (χ1n) is 13.6. The van der Waals surface area contributed by atoms with Crippen molar-refractivity contribution in [1.82, 2.24) is 10.2 Å². The Hall–Kier alpha value is -2.59. The van der Waals surface area contributed by atoms with E-state index in [-0.39, 0.29) is 30.8 Å². The molecule has 0 bridgehead atoms. The first kappa shape index (κ1) is 30.9. The van der Waals surface area contributed by atoms with Gasteiger partial charge >= 0.3 is 0 Å². The number of amides is 2. The molecule has 2 amide bonds. The number of hydrogen-bond donors (Lipinski definition) is 1. The van der Waals surface area contributed by atoms with Gasteiger partial charge in [-0.2, -0.15) is 0 Å². The minimum atomic E-state index is -3.56. The molecule has 214 valence electrons. The second-order valence-corrected chi connectivity index (χ2v) is 12.9. The van der Waals surface area contributed by atoms with Crippen molar-refractivity contribution >= 4 is 43.5 Å². The fourth-order valence-electron chi connectivity index (χ4n) is 4.82. The van der Waals surface area contributed by atoms with Gasteiger partial charge < -0.3 is 15.0 Å². The van der Waals surface area contributed by atoms with Gasteiger partial charge in [-0.15, -0.1) is 0 Å². The van der Waals surface area contributed by atoms with E-state index < -0.39 is 16.1 Å². The summed E-state index contributed by atoms with van der Waals surface area (Å²) in [5.74, 6) is 0.317. The highest BCUT2D eigenvalue weighted by Gasteiger charge is 2.28. The summed E-state index contributed by atoms with van der Waals surface area (Å²) in [6, 6.07) is 14.0. The SMILES string of the molecule is CCOc1ccc(N(CCCC(=O)N(Cc2ccc(Br)cc2)[C@H](C)C(=O)NC2CCCCC2)S(C)(=O)=O)cc1. The highest BCUT2D eigenvalue weighted by molar-refractivity contribution is 9.10. The van der Waals surface area contributed by atoms with Gasteiger partial charge in [0, 0.05) is 30.0 Å². The molecule has 2 aromatic carbocycles. The van der Waals surface area contributed by atoms with Crippen molar-refractivity contribution in [2.45, 2.75) is 77.4 Å². The highest BCUT2D eigenvalue weighted by atomic mass is 79.9. The Bertz CT molecular complexity index is 1180. The molecule has 10 heteroatoms. The second-order valence-electron chi connectivity index (χ2n) is 10.0. The van der Waals surface area contributed by atoms with Crippen LogP contribution in [0.5, 0.6) is 5.75 Å². The Morgan fingerprint density at radius 1 is 1.05 bits per heavy atom. The number of sulfonamides is 1. The monoisotopic (exact) mass is 621 g/mol. The molecule has 0 radical (unpaired) electrons. The standard InChI is InChI=1S/C29H40BrN3O5S/c1-4-38-27-18-16-26(17-19-27)33(39(3,36)37)20-8-11-28(34)32(21-23-12-14-24(30)15-13-23)22(2)29(35)31-25-9-6-5-7-10-25/h12-19,22,25H,4-11,20-21H2,1-3H3,(H,31,35)/t22-/m1/s1. The van der Waals surface area contributed by atoms with Crippen molar-refractivity contribution in [3.05, 3.63) is 58.6 Å². The van der Waals surface area contributed by atoms with E-state index in [9.17, 15) is 18.0 Å². The van der Waals surface area contributed by atoms with E-state index in [1.165, 1.54) is 10.7 Å². The topological polar surface area (TPSA) is 96.0 Å². The molecule has 0 unspecified atom stereocenters. The molecular weight excluding hydrogens is 582 g/mol. The number of carbonyl (C=O) groups is 2. The van der Waals surface area contributed by atoms with Gasteiger partial charge in [0.1, 0.15) is 11.8 Å². The summed E-state index contributed by atoms with van der Waals surface area (Å²) >= 11 is 3.44. The van der Waals surface area contributed by atoms with Crippen LogP contribution in [0.1, 0.15) is 64.4 Å². The minimum Gasteiger partial charge on any atom is -0.494 e. The lowest BCUT2D eigenvalue weighted by molar-refractivity contribution is -0.141. The third-order valence-corrected chi connectivity index (χ3v) is 8.70. The maximum absolute atomic E-state index is 13.5. The number of hydrogen-bond acceptors (Lipinski definition) is 5. The van der Waals surface area contributed by atoms with Crippen molar-refractivity contribution in [3.8, 4) is 5.75 Å². The number of halogens is 1. The van der Waals surface area contributed by atoms with E-state index >= 15 is 0 Å². The number of rotatable bonds is 13. The Balaban J connectivity index is 1.70. The van der Waals surface area contributed by atoms with Crippen molar-refractivity contribution < 1.29 is 22.7 Å². The summed E-state index contributed by atoms with van der Waals surface area (Å²) in [4.78, 5) is 28.3. The summed E-state index contributed by atoms with van der Waals surface area (Å²) in [5.41, 5.74) is 1.43. The van der Waals surface area contributed by atoms with E-state index in [2.05, 4.69) is 21.2 Å². The summed E-state index contributed by atoms with van der Waals surface area (Å²) in [6.07, 6.45) is 6.91. The van der Waals surface area contributed by atoms with Crippen LogP contribution in [0.25, 0.3) is 0 Å². The fraction of sp³-hybridized carbons (Fsp3) is 0.517. The fourth-order valence-corrected chi connectivity index (χ4v) is 6.05. The predicted octanol–water partition coefficient (Wildman–Crippen LogP) is 5.26. The van der Waals surface area contributed by atoms with Gasteiger partial charge in [-0.1, -0.05) is 47.3 Å². The molecule has 1 aliphatic rings. The second kappa shape index (κ2) is 14.7. The van der Waals surface area contributed by atoms with Crippen LogP contribution in [0.15, 0.2) is 53.0 Å². The molecule has 0 heterocycles. The third kappa shape index (κ3) is 9.53. The molecule has 39 heavy (non-hydrogen) atoms. The highest BCUT2D eigenvalue weighted by Crippen LogP contribution is 2.23. The average Bonchev–Trinajstić information content (AvgIpc) is 2.91. The van der Waals surface area contributed by atoms with Gasteiger partial charge in [0.05, 0.1) is 18.6 Å². The molecule has 8 nitrogen and oxygen atoms in total. The molecular formula is C29H40BrN3O5S. The average molecular weight is 623 g/mol. The zero-order chi connectivity index (χ0) is 28.4. The lowest BCUT2D eigenvalue weighted by Gasteiger charge is -2.31. The van der Waals surface area contributed by atoms with Gasteiger partial charge in [0.25, 0.3) is 0 Å². The Labute approximate surface area is 241 Å². The number of nitrogens with one attached hydrogen (secondary N) is 1. The normalized spacial score (nSPS) is 14.9. The van der Waals surface area contributed by atoms with Gasteiger partial charge in [0.2, 0.25) is 21.8 Å². The van der Waals surface area contributed by atoms with Crippen molar-refractivity contribution in [1.29, 1.82) is 0 Å². The zero-order valence-electron chi connectivity index (χ0n) is 23.1. The summed E-state index contributed by atoms with van der Waals surface area (Å²) < 4.78 is 32.8. The molecule has 0 aliphatic heterocycles. The lowest BCUT2D eigenvalue weighted by Crippen LogP contribution is -2.50. The first-order valence-corrected chi connectivity index (χ1v) is 16.3. The first-order chi connectivity index (χ1) is 18.6. The molecule has 0 aromatic heterocycles. The smallest absolute Gasteiger partial charge is 0.242 e. The van der Waals surface area contributed by atoms with Crippen LogP contribution in [0.4, 0.5) is 5.69 Å². The maximum Gasteiger partial charge on any atom is 0.242 e. The number of anilines is 1. The predicted molar refractivity (Wildman–Crippen MR) is 158 cm³/mol. The minimum absolute atomic E-state index is 0.112. The van der Waals surface area contributed by atoms with E-state index in [0.717, 1.165) is 42.0 Å². The molecule has 0 spiro atoms. The molecule has 2 aromatic rings. The summed E-state index contributed by atoms with van der Waals surface area (Å²) in [7, 11) is -3.56. The van der Waals surface area contributed by atoms with Crippen LogP contribution in [-0.4, -0.2) is 56.6 Å². The van der Waals surface area contributed by atoms with Crippen LogP contribution < -0.4 is 14.4 Å². The van der Waals surface area contributed by atoms with Crippen LogP contribution in [-0.2, 0) is 26.2 Å². The summed E-state index contributed by atoms with van der Waals surface area (Å²) in [6.45, 7) is 4.60. The number of ether oxygens (including phenoxy) is 1. The van der Waals surface area contributed by atoms with E-state index in [4.69, 9.17) is 4.74 Å². The van der Waals surface area contributed by atoms with Gasteiger partial charge in [-0.3, -0.25) is 13.9 Å². The van der Waals surface area contributed by atoms with E-state index in [0.29, 0.717) is 31.0 Å². The molecule has 1 N–H and O–H groups in total. The van der Waals surface area contributed by atoms with Crippen LogP contribution in [0, 0.1) is 0 Å². The zero-order valence-corrected chi connectivity index (χ0v) is 25.5. The van der Waals surface area contributed by atoms with Crippen LogP contribution in [0.3, 0.4) is 0 Å². The number of carbonyl (C=O) groups excluding carboxylic acids is 2. The van der Waals surface area contributed by atoms with E-state index in [1.807, 2.05) is 31.2 Å². The molecule has 1 atom stereocenters. The molecule has 0 saturated heterocycles. The Morgan fingerprint density at radius 3 is 2.28 bits per heavy atom. The Kier molecular flexibility index (Phi) is 11.7. The quantitative estimate of drug-likeness (QED) is 0.329. The third-order valence-electron chi connectivity index (χ3n) is 6.97. The molecule has 1 aliphatic carbocycles.